The van der Waals surface area contributed by atoms with E-state index in [4.69, 9.17) is 21.1 Å². The molecule has 1 amide bonds. The van der Waals surface area contributed by atoms with Crippen molar-refractivity contribution in [2.45, 2.75) is 6.92 Å². The molecule has 5 nitrogen and oxygen atoms in total. The lowest BCUT2D eigenvalue weighted by molar-refractivity contribution is -0.149. The fourth-order valence-corrected chi connectivity index (χ4v) is 1.92. The summed E-state index contributed by atoms with van der Waals surface area (Å²) in [6, 6.07) is 14.0. The Bertz CT molecular complexity index is 685. The molecular weight excluding hydrogens is 318 g/mol. The van der Waals surface area contributed by atoms with Crippen LogP contribution in [0.4, 0.5) is 5.69 Å². The van der Waals surface area contributed by atoms with Crippen molar-refractivity contribution >= 4 is 29.2 Å². The minimum absolute atomic E-state index is 0.256. The molecule has 0 aliphatic rings. The Kier molecular flexibility index (Phi) is 6.00. The maximum absolute atomic E-state index is 11.7. The second-order valence-electron chi connectivity index (χ2n) is 4.82. The largest absolute Gasteiger partial charge is 0.482 e. The first-order valence-electron chi connectivity index (χ1n) is 6.93. The van der Waals surface area contributed by atoms with Gasteiger partial charge in [0.2, 0.25) is 0 Å². The van der Waals surface area contributed by atoms with Gasteiger partial charge in [0.1, 0.15) is 5.75 Å². The fourth-order valence-electron chi connectivity index (χ4n) is 1.73. The molecule has 0 bridgehead atoms. The maximum Gasteiger partial charge on any atom is 0.344 e. The zero-order chi connectivity index (χ0) is 16.7. The Hall–Kier alpha value is -2.53. The van der Waals surface area contributed by atoms with Crippen molar-refractivity contribution < 1.29 is 19.1 Å². The highest BCUT2D eigenvalue weighted by Gasteiger charge is 2.09. The molecule has 0 fully saturated rings. The number of halogens is 1. The molecule has 2 rings (SSSR count). The Morgan fingerprint density at radius 3 is 2.52 bits per heavy atom. The average Bonchev–Trinajstić information content (AvgIpc) is 2.52. The smallest absolute Gasteiger partial charge is 0.344 e. The van der Waals surface area contributed by atoms with Gasteiger partial charge in [0.05, 0.1) is 0 Å². The standard InChI is InChI=1S/C17H16ClNO4/c1-12-5-7-15(8-6-12)22-11-17(21)23-10-16(20)19-14-4-2-3-13(18)9-14/h2-9H,10-11H2,1H3,(H,19,20). The van der Waals surface area contributed by atoms with Crippen LogP contribution < -0.4 is 10.1 Å². The molecule has 1 N–H and O–H groups in total. The van der Waals surface area contributed by atoms with Gasteiger partial charge in [-0.2, -0.15) is 0 Å². The molecule has 23 heavy (non-hydrogen) atoms. The second-order valence-corrected chi connectivity index (χ2v) is 5.26. The third kappa shape index (κ3) is 6.00. The molecule has 6 heteroatoms. The van der Waals surface area contributed by atoms with Gasteiger partial charge in [0, 0.05) is 10.7 Å². The van der Waals surface area contributed by atoms with Crippen molar-refractivity contribution in [2.75, 3.05) is 18.5 Å². The molecule has 0 atom stereocenters. The number of hydrogen-bond acceptors (Lipinski definition) is 4. The Morgan fingerprint density at radius 2 is 1.83 bits per heavy atom. The average molecular weight is 334 g/mol. The molecule has 2 aromatic carbocycles. The van der Waals surface area contributed by atoms with Gasteiger partial charge in [-0.25, -0.2) is 4.79 Å². The minimum Gasteiger partial charge on any atom is -0.482 e. The SMILES string of the molecule is Cc1ccc(OCC(=O)OCC(=O)Nc2cccc(Cl)c2)cc1. The number of amides is 1. The van der Waals surface area contributed by atoms with Crippen molar-refractivity contribution in [1.82, 2.24) is 0 Å². The Balaban J connectivity index is 1.71. The van der Waals surface area contributed by atoms with Crippen LogP contribution in [0.1, 0.15) is 5.56 Å². The fraction of sp³-hybridized carbons (Fsp3) is 0.176. The van der Waals surface area contributed by atoms with Gasteiger partial charge in [-0.3, -0.25) is 4.79 Å². The summed E-state index contributed by atoms with van der Waals surface area (Å²) in [6.45, 7) is 1.31. The molecule has 0 radical (unpaired) electrons. The molecule has 0 saturated carbocycles. The number of ether oxygens (including phenoxy) is 2. The highest BCUT2D eigenvalue weighted by Crippen LogP contribution is 2.14. The second kappa shape index (κ2) is 8.19. The summed E-state index contributed by atoms with van der Waals surface area (Å²) >= 11 is 5.81. The summed E-state index contributed by atoms with van der Waals surface area (Å²) in [5, 5.41) is 3.08. The normalized spacial score (nSPS) is 10.0. The summed E-state index contributed by atoms with van der Waals surface area (Å²) < 4.78 is 10.1. The van der Waals surface area contributed by atoms with Gasteiger partial charge >= 0.3 is 5.97 Å². The monoisotopic (exact) mass is 333 g/mol. The summed E-state index contributed by atoms with van der Waals surface area (Å²) in [4.78, 5) is 23.2. The lowest BCUT2D eigenvalue weighted by atomic mass is 10.2. The summed E-state index contributed by atoms with van der Waals surface area (Å²) in [5.41, 5.74) is 1.63. The molecule has 0 spiro atoms. The van der Waals surface area contributed by atoms with E-state index < -0.39 is 11.9 Å². The third-order valence-corrected chi connectivity index (χ3v) is 3.09. The maximum atomic E-state index is 11.7. The number of rotatable bonds is 6. The van der Waals surface area contributed by atoms with Crippen molar-refractivity contribution in [3.8, 4) is 5.75 Å². The van der Waals surface area contributed by atoms with E-state index in [9.17, 15) is 9.59 Å². The topological polar surface area (TPSA) is 64.6 Å². The first-order chi connectivity index (χ1) is 11.0. The molecule has 0 unspecified atom stereocenters. The van der Waals surface area contributed by atoms with E-state index >= 15 is 0 Å². The van der Waals surface area contributed by atoms with Gasteiger partial charge in [0.15, 0.2) is 13.2 Å². The number of benzene rings is 2. The van der Waals surface area contributed by atoms with Crippen molar-refractivity contribution in [1.29, 1.82) is 0 Å². The van der Waals surface area contributed by atoms with Gasteiger partial charge in [-0.15, -0.1) is 0 Å². The van der Waals surface area contributed by atoms with Gasteiger partial charge in [0.25, 0.3) is 5.91 Å². The molecule has 2 aromatic rings. The van der Waals surface area contributed by atoms with Crippen LogP contribution in [-0.2, 0) is 14.3 Å². The summed E-state index contributed by atoms with van der Waals surface area (Å²) in [7, 11) is 0. The predicted octanol–water partition coefficient (Wildman–Crippen LogP) is 3.21. The lowest BCUT2D eigenvalue weighted by Crippen LogP contribution is -2.23. The molecule has 120 valence electrons. The van der Waals surface area contributed by atoms with Crippen LogP contribution in [0.3, 0.4) is 0 Å². The Morgan fingerprint density at radius 1 is 1.09 bits per heavy atom. The number of aryl methyl sites for hydroxylation is 1. The van der Waals surface area contributed by atoms with Crippen LogP contribution in [0.5, 0.6) is 5.75 Å². The zero-order valence-electron chi connectivity index (χ0n) is 12.5. The number of esters is 1. The highest BCUT2D eigenvalue weighted by atomic mass is 35.5. The van der Waals surface area contributed by atoms with Crippen LogP contribution in [0.15, 0.2) is 48.5 Å². The van der Waals surface area contributed by atoms with Gasteiger partial charge < -0.3 is 14.8 Å². The first-order valence-corrected chi connectivity index (χ1v) is 7.31. The molecule has 0 aliphatic carbocycles. The molecule has 0 saturated heterocycles. The van der Waals surface area contributed by atoms with Crippen LogP contribution in [0.2, 0.25) is 5.02 Å². The number of nitrogens with one attached hydrogen (secondary N) is 1. The van der Waals surface area contributed by atoms with Crippen LogP contribution in [-0.4, -0.2) is 25.1 Å². The third-order valence-electron chi connectivity index (χ3n) is 2.85. The van der Waals surface area contributed by atoms with E-state index in [0.29, 0.717) is 16.5 Å². The summed E-state index contributed by atoms with van der Waals surface area (Å²) in [6.07, 6.45) is 0. The first kappa shape index (κ1) is 16.8. The van der Waals surface area contributed by atoms with E-state index in [1.165, 1.54) is 0 Å². The van der Waals surface area contributed by atoms with E-state index in [1.54, 1.807) is 36.4 Å². The lowest BCUT2D eigenvalue weighted by Gasteiger charge is -2.08. The van der Waals surface area contributed by atoms with E-state index in [0.717, 1.165) is 5.56 Å². The number of hydrogen-bond donors (Lipinski definition) is 1. The van der Waals surface area contributed by atoms with Crippen LogP contribution >= 0.6 is 11.6 Å². The summed E-state index contributed by atoms with van der Waals surface area (Å²) in [5.74, 6) is -0.501. The number of carbonyl (C=O) groups excluding carboxylic acids is 2. The zero-order valence-corrected chi connectivity index (χ0v) is 13.3. The van der Waals surface area contributed by atoms with E-state index in [-0.39, 0.29) is 13.2 Å². The molecular formula is C17H16ClNO4. The quantitative estimate of drug-likeness (QED) is 0.824. The predicted molar refractivity (Wildman–Crippen MR) is 87.7 cm³/mol. The molecule has 0 aromatic heterocycles. The minimum atomic E-state index is -0.619. The van der Waals surface area contributed by atoms with Crippen molar-refractivity contribution in [3.63, 3.8) is 0 Å². The van der Waals surface area contributed by atoms with Crippen molar-refractivity contribution in [3.05, 3.63) is 59.1 Å². The molecule has 0 aliphatic heterocycles. The Labute approximate surface area is 139 Å². The van der Waals surface area contributed by atoms with Crippen LogP contribution in [0.25, 0.3) is 0 Å². The van der Waals surface area contributed by atoms with Crippen molar-refractivity contribution in [2.24, 2.45) is 0 Å². The van der Waals surface area contributed by atoms with E-state index in [2.05, 4.69) is 5.32 Å². The van der Waals surface area contributed by atoms with Crippen LogP contribution in [0, 0.1) is 6.92 Å². The molecule has 0 heterocycles. The highest BCUT2D eigenvalue weighted by molar-refractivity contribution is 6.30. The van der Waals surface area contributed by atoms with Gasteiger partial charge in [-0.05, 0) is 37.3 Å². The number of carbonyl (C=O) groups is 2. The number of anilines is 1. The van der Waals surface area contributed by atoms with E-state index in [1.807, 2.05) is 19.1 Å². The van der Waals surface area contributed by atoms with Gasteiger partial charge in [-0.1, -0.05) is 35.4 Å².